The molecule has 4 heteroatoms. The molecule has 0 radical (unpaired) electrons. The summed E-state index contributed by atoms with van der Waals surface area (Å²) in [6.07, 6.45) is 4.09. The average molecular weight is 279 g/mol. The summed E-state index contributed by atoms with van der Waals surface area (Å²) in [7, 11) is 3.35. The number of methoxy groups -OCH3 is 2. The Balaban J connectivity index is 2.57. The van der Waals surface area contributed by atoms with Gasteiger partial charge in [0, 0.05) is 20.2 Å². The second kappa shape index (κ2) is 9.39. The summed E-state index contributed by atoms with van der Waals surface area (Å²) >= 11 is 0. The summed E-state index contributed by atoms with van der Waals surface area (Å²) in [4.78, 5) is 0. The Hall–Kier alpha value is -1.52. The van der Waals surface area contributed by atoms with E-state index in [1.54, 1.807) is 14.2 Å². The number of allylic oxidation sites excluding steroid dienone is 1. The molecule has 1 unspecified atom stereocenters. The third kappa shape index (κ3) is 5.63. The second-order valence-electron chi connectivity index (χ2n) is 4.54. The van der Waals surface area contributed by atoms with E-state index in [0.717, 1.165) is 30.2 Å². The second-order valence-corrected chi connectivity index (χ2v) is 4.54. The maximum atomic E-state index is 5.90. The Labute approximate surface area is 121 Å². The van der Waals surface area contributed by atoms with Crippen LogP contribution in [0, 0.1) is 0 Å². The minimum Gasteiger partial charge on any atom is -0.493 e. The monoisotopic (exact) mass is 279 g/mol. The van der Waals surface area contributed by atoms with E-state index in [1.807, 2.05) is 44.2 Å². The highest BCUT2D eigenvalue weighted by Crippen LogP contribution is 2.29. The number of hydrogen-bond acceptors (Lipinski definition) is 4. The summed E-state index contributed by atoms with van der Waals surface area (Å²) in [5.41, 5.74) is 1.10. The predicted octanol–water partition coefficient (Wildman–Crippen LogP) is 2.73. The Kier molecular flexibility index (Phi) is 7.77. The first-order valence-electron chi connectivity index (χ1n) is 6.88. The Bertz CT molecular complexity index is 418. The molecule has 1 atom stereocenters. The van der Waals surface area contributed by atoms with Gasteiger partial charge in [-0.25, -0.2) is 0 Å². The molecule has 1 aromatic rings. The number of ether oxygens (including phenoxy) is 3. The lowest BCUT2D eigenvalue weighted by molar-refractivity contribution is 0.181. The zero-order valence-corrected chi connectivity index (χ0v) is 12.8. The maximum absolute atomic E-state index is 5.90. The van der Waals surface area contributed by atoms with Gasteiger partial charge in [-0.15, -0.1) is 0 Å². The molecular weight excluding hydrogens is 254 g/mol. The van der Waals surface area contributed by atoms with E-state index in [9.17, 15) is 0 Å². The average Bonchev–Trinajstić information content (AvgIpc) is 2.45. The fourth-order valence-corrected chi connectivity index (χ4v) is 1.82. The molecule has 0 aliphatic heterocycles. The molecule has 0 fully saturated rings. The molecule has 0 saturated heterocycles. The number of nitrogens with one attached hydrogen (secondary N) is 1. The van der Waals surface area contributed by atoms with Crippen LogP contribution in [-0.4, -0.2) is 40.0 Å². The van der Waals surface area contributed by atoms with Crippen molar-refractivity contribution < 1.29 is 14.2 Å². The van der Waals surface area contributed by atoms with Gasteiger partial charge in [0.05, 0.1) is 13.7 Å². The van der Waals surface area contributed by atoms with Crippen molar-refractivity contribution in [1.82, 2.24) is 5.32 Å². The summed E-state index contributed by atoms with van der Waals surface area (Å²) < 4.78 is 16.3. The normalized spacial score (nSPS) is 12.6. The van der Waals surface area contributed by atoms with Crippen LogP contribution in [0.2, 0.25) is 0 Å². The third-order valence-corrected chi connectivity index (χ3v) is 2.79. The summed E-state index contributed by atoms with van der Waals surface area (Å²) in [6.45, 7) is 6.31. The first-order valence-corrected chi connectivity index (χ1v) is 6.88. The zero-order valence-electron chi connectivity index (χ0n) is 12.8. The van der Waals surface area contributed by atoms with Gasteiger partial charge in [0.1, 0.15) is 6.10 Å². The summed E-state index contributed by atoms with van der Waals surface area (Å²) in [5, 5.41) is 3.27. The van der Waals surface area contributed by atoms with Crippen LogP contribution in [0.15, 0.2) is 24.3 Å². The molecule has 0 bridgehead atoms. The lowest BCUT2D eigenvalue weighted by Gasteiger charge is -2.17. The summed E-state index contributed by atoms with van der Waals surface area (Å²) in [6, 6.07) is 5.93. The van der Waals surface area contributed by atoms with Crippen LogP contribution in [0.4, 0.5) is 0 Å². The largest absolute Gasteiger partial charge is 0.493 e. The molecule has 1 aromatic carbocycles. The molecule has 112 valence electrons. The van der Waals surface area contributed by atoms with Crippen molar-refractivity contribution in [2.75, 3.05) is 33.9 Å². The van der Waals surface area contributed by atoms with Crippen molar-refractivity contribution in [2.24, 2.45) is 0 Å². The molecule has 0 aliphatic carbocycles. The molecule has 1 N–H and O–H groups in total. The van der Waals surface area contributed by atoms with E-state index in [1.165, 1.54) is 0 Å². The fraction of sp³-hybridized carbons (Fsp3) is 0.500. The molecule has 4 nitrogen and oxygen atoms in total. The van der Waals surface area contributed by atoms with E-state index >= 15 is 0 Å². The molecule has 0 aliphatic rings. The van der Waals surface area contributed by atoms with Gasteiger partial charge in [-0.2, -0.15) is 0 Å². The molecule has 0 spiro atoms. The molecule has 0 saturated carbocycles. The van der Waals surface area contributed by atoms with Gasteiger partial charge in [0.2, 0.25) is 0 Å². The summed E-state index contributed by atoms with van der Waals surface area (Å²) in [5.74, 6) is 1.52. The smallest absolute Gasteiger partial charge is 0.161 e. The third-order valence-electron chi connectivity index (χ3n) is 2.79. The standard InChI is InChI=1S/C16H25NO3/c1-5-6-14-7-8-15(16(11-14)19-4)20-13(2)12-17-9-10-18-3/h5-8,11,13,17H,9-10,12H2,1-4H3. The van der Waals surface area contributed by atoms with Crippen LogP contribution in [0.1, 0.15) is 19.4 Å². The SMILES string of the molecule is CC=Cc1ccc(OC(C)CNCCOC)c(OC)c1. The van der Waals surface area contributed by atoms with Gasteiger partial charge in [0.25, 0.3) is 0 Å². The van der Waals surface area contributed by atoms with Crippen LogP contribution >= 0.6 is 0 Å². The van der Waals surface area contributed by atoms with Crippen molar-refractivity contribution in [3.05, 3.63) is 29.8 Å². The van der Waals surface area contributed by atoms with Crippen molar-refractivity contribution in [3.63, 3.8) is 0 Å². The predicted molar refractivity (Wildman–Crippen MR) is 82.5 cm³/mol. The Morgan fingerprint density at radius 3 is 2.70 bits per heavy atom. The van der Waals surface area contributed by atoms with Crippen molar-refractivity contribution in [1.29, 1.82) is 0 Å². The van der Waals surface area contributed by atoms with E-state index in [4.69, 9.17) is 14.2 Å². The van der Waals surface area contributed by atoms with Gasteiger partial charge >= 0.3 is 0 Å². The van der Waals surface area contributed by atoms with E-state index < -0.39 is 0 Å². The van der Waals surface area contributed by atoms with Gasteiger partial charge in [0.15, 0.2) is 11.5 Å². The van der Waals surface area contributed by atoms with Gasteiger partial charge in [-0.1, -0.05) is 18.2 Å². The van der Waals surface area contributed by atoms with Crippen molar-refractivity contribution in [3.8, 4) is 11.5 Å². The van der Waals surface area contributed by atoms with Crippen LogP contribution < -0.4 is 14.8 Å². The quantitative estimate of drug-likeness (QED) is 0.706. The number of benzene rings is 1. The molecule has 0 aromatic heterocycles. The van der Waals surface area contributed by atoms with E-state index in [0.29, 0.717) is 6.61 Å². The molecule has 20 heavy (non-hydrogen) atoms. The Morgan fingerprint density at radius 2 is 2.05 bits per heavy atom. The molecular formula is C16H25NO3. The molecule has 0 heterocycles. The van der Waals surface area contributed by atoms with Crippen LogP contribution in [0.3, 0.4) is 0 Å². The van der Waals surface area contributed by atoms with Gasteiger partial charge in [-0.05, 0) is 31.5 Å². The highest BCUT2D eigenvalue weighted by molar-refractivity contribution is 5.55. The minimum absolute atomic E-state index is 0.0633. The topological polar surface area (TPSA) is 39.7 Å². The van der Waals surface area contributed by atoms with Gasteiger partial charge in [-0.3, -0.25) is 0 Å². The molecule has 0 amide bonds. The minimum atomic E-state index is 0.0633. The fourth-order valence-electron chi connectivity index (χ4n) is 1.82. The van der Waals surface area contributed by atoms with E-state index in [2.05, 4.69) is 5.32 Å². The van der Waals surface area contributed by atoms with Crippen molar-refractivity contribution >= 4 is 6.08 Å². The number of hydrogen-bond donors (Lipinski definition) is 1. The lowest BCUT2D eigenvalue weighted by atomic mass is 10.2. The van der Waals surface area contributed by atoms with Crippen LogP contribution in [-0.2, 0) is 4.74 Å². The van der Waals surface area contributed by atoms with Crippen LogP contribution in [0.5, 0.6) is 11.5 Å². The number of rotatable bonds is 9. The highest BCUT2D eigenvalue weighted by Gasteiger charge is 2.09. The first kappa shape index (κ1) is 16.5. The highest BCUT2D eigenvalue weighted by atomic mass is 16.5. The Morgan fingerprint density at radius 1 is 1.25 bits per heavy atom. The zero-order chi connectivity index (χ0) is 14.8. The molecule has 1 rings (SSSR count). The van der Waals surface area contributed by atoms with Crippen LogP contribution in [0.25, 0.3) is 6.08 Å². The first-order chi connectivity index (χ1) is 9.71. The van der Waals surface area contributed by atoms with E-state index in [-0.39, 0.29) is 6.10 Å². The van der Waals surface area contributed by atoms with Gasteiger partial charge < -0.3 is 19.5 Å². The lowest BCUT2D eigenvalue weighted by Crippen LogP contribution is -2.31. The maximum Gasteiger partial charge on any atom is 0.161 e. The van der Waals surface area contributed by atoms with Crippen molar-refractivity contribution in [2.45, 2.75) is 20.0 Å².